The van der Waals surface area contributed by atoms with Crippen molar-refractivity contribution in [1.29, 1.82) is 0 Å². The quantitative estimate of drug-likeness (QED) is 0.818. The van der Waals surface area contributed by atoms with Crippen LogP contribution in [0.3, 0.4) is 0 Å². The van der Waals surface area contributed by atoms with Gasteiger partial charge in [0.2, 0.25) is 5.91 Å². The second-order valence-electron chi connectivity index (χ2n) is 6.19. The molecule has 1 amide bonds. The third-order valence-electron chi connectivity index (χ3n) is 4.77. The van der Waals surface area contributed by atoms with E-state index in [0.29, 0.717) is 0 Å². The number of amides is 1. The molecule has 0 N–H and O–H groups in total. The smallest absolute Gasteiger partial charge is 0.239 e. The minimum atomic E-state index is -0.0335. The first kappa shape index (κ1) is 13.6. The third-order valence-corrected chi connectivity index (χ3v) is 4.77. The highest BCUT2D eigenvalue weighted by molar-refractivity contribution is 5.81. The van der Waals surface area contributed by atoms with E-state index in [0.717, 1.165) is 57.3 Å². The Hall–Kier alpha value is -1.36. The van der Waals surface area contributed by atoms with E-state index in [2.05, 4.69) is 21.4 Å². The normalized spacial score (nSPS) is 22.6. The fraction of sp³-hybridized carbons (Fsp3) is 0.733. The van der Waals surface area contributed by atoms with Crippen LogP contribution in [0.4, 0.5) is 0 Å². The van der Waals surface area contributed by atoms with Gasteiger partial charge in [0.1, 0.15) is 5.82 Å². The Labute approximate surface area is 120 Å². The number of carbonyl (C=O) groups is 1. The number of hydrogen-bond donors (Lipinski definition) is 0. The SMILES string of the molecule is CC1CCN(C(=O)C(C)N2CCn3ccnc3C2)CC1. The second kappa shape index (κ2) is 5.56. The van der Waals surface area contributed by atoms with Gasteiger partial charge in [-0.15, -0.1) is 0 Å². The molecule has 1 aromatic heterocycles. The first-order valence-electron chi connectivity index (χ1n) is 7.68. The van der Waals surface area contributed by atoms with Gasteiger partial charge in [0, 0.05) is 38.6 Å². The van der Waals surface area contributed by atoms with E-state index in [1.165, 1.54) is 0 Å². The standard InChI is InChI=1S/C15H24N4O/c1-12-3-6-18(7-4-12)15(20)13(2)19-10-9-17-8-5-16-14(17)11-19/h5,8,12-13H,3-4,6-7,9-11H2,1-2H3. The van der Waals surface area contributed by atoms with Crippen LogP contribution >= 0.6 is 0 Å². The minimum Gasteiger partial charge on any atom is -0.341 e. The van der Waals surface area contributed by atoms with Crippen molar-refractivity contribution in [2.75, 3.05) is 19.6 Å². The molecule has 2 aliphatic rings. The van der Waals surface area contributed by atoms with Crippen LogP contribution in [0.25, 0.3) is 0 Å². The summed E-state index contributed by atoms with van der Waals surface area (Å²) in [4.78, 5) is 21.3. The molecule has 1 atom stereocenters. The van der Waals surface area contributed by atoms with E-state index >= 15 is 0 Å². The lowest BCUT2D eigenvalue weighted by molar-refractivity contribution is -0.138. The fourth-order valence-electron chi connectivity index (χ4n) is 3.17. The van der Waals surface area contributed by atoms with Crippen molar-refractivity contribution in [1.82, 2.24) is 19.4 Å². The summed E-state index contributed by atoms with van der Waals surface area (Å²) >= 11 is 0. The maximum atomic E-state index is 12.6. The number of piperidine rings is 1. The van der Waals surface area contributed by atoms with E-state index in [1.807, 2.05) is 24.2 Å². The van der Waals surface area contributed by atoms with Crippen molar-refractivity contribution < 1.29 is 4.79 Å². The summed E-state index contributed by atoms with van der Waals surface area (Å²) in [5.41, 5.74) is 0. The van der Waals surface area contributed by atoms with E-state index in [4.69, 9.17) is 0 Å². The Kier molecular flexibility index (Phi) is 3.78. The molecular formula is C15H24N4O. The predicted octanol–water partition coefficient (Wildman–Crippen LogP) is 1.35. The van der Waals surface area contributed by atoms with Gasteiger partial charge in [0.05, 0.1) is 12.6 Å². The summed E-state index contributed by atoms with van der Waals surface area (Å²) in [6, 6.07) is -0.0335. The number of aromatic nitrogens is 2. The van der Waals surface area contributed by atoms with Gasteiger partial charge in [-0.25, -0.2) is 4.98 Å². The van der Waals surface area contributed by atoms with Crippen LogP contribution in [0.5, 0.6) is 0 Å². The maximum Gasteiger partial charge on any atom is 0.239 e. The lowest BCUT2D eigenvalue weighted by atomic mass is 9.98. The molecule has 0 aromatic carbocycles. The number of likely N-dealkylation sites (tertiary alicyclic amines) is 1. The highest BCUT2D eigenvalue weighted by Gasteiger charge is 2.30. The number of imidazole rings is 1. The highest BCUT2D eigenvalue weighted by atomic mass is 16.2. The summed E-state index contributed by atoms with van der Waals surface area (Å²) in [5.74, 6) is 2.12. The lowest BCUT2D eigenvalue weighted by Gasteiger charge is -2.37. The van der Waals surface area contributed by atoms with Crippen LogP contribution in [0.15, 0.2) is 12.4 Å². The van der Waals surface area contributed by atoms with Crippen LogP contribution in [0.1, 0.15) is 32.5 Å². The molecule has 0 saturated carbocycles. The largest absolute Gasteiger partial charge is 0.341 e. The van der Waals surface area contributed by atoms with Crippen LogP contribution in [0.2, 0.25) is 0 Å². The predicted molar refractivity (Wildman–Crippen MR) is 77.1 cm³/mol. The van der Waals surface area contributed by atoms with Crippen molar-refractivity contribution in [2.24, 2.45) is 5.92 Å². The number of fused-ring (bicyclic) bond motifs is 1. The minimum absolute atomic E-state index is 0.0335. The Bertz CT molecular complexity index is 476. The van der Waals surface area contributed by atoms with Crippen molar-refractivity contribution in [3.63, 3.8) is 0 Å². The van der Waals surface area contributed by atoms with Gasteiger partial charge >= 0.3 is 0 Å². The number of hydrogen-bond acceptors (Lipinski definition) is 3. The average molecular weight is 276 g/mol. The van der Waals surface area contributed by atoms with Gasteiger partial charge in [-0.3, -0.25) is 9.69 Å². The first-order chi connectivity index (χ1) is 9.65. The Morgan fingerprint density at radius 2 is 2.05 bits per heavy atom. The molecule has 0 bridgehead atoms. The molecule has 20 heavy (non-hydrogen) atoms. The molecule has 0 aliphatic carbocycles. The van der Waals surface area contributed by atoms with E-state index in [1.54, 1.807) is 0 Å². The zero-order chi connectivity index (χ0) is 14.1. The topological polar surface area (TPSA) is 41.4 Å². The van der Waals surface area contributed by atoms with Gasteiger partial charge in [-0.2, -0.15) is 0 Å². The molecule has 0 radical (unpaired) electrons. The van der Waals surface area contributed by atoms with Crippen LogP contribution < -0.4 is 0 Å². The summed E-state index contributed by atoms with van der Waals surface area (Å²) in [5, 5.41) is 0. The number of nitrogens with zero attached hydrogens (tertiary/aromatic N) is 4. The Morgan fingerprint density at radius 1 is 1.30 bits per heavy atom. The van der Waals surface area contributed by atoms with Crippen molar-refractivity contribution in [2.45, 2.75) is 45.8 Å². The second-order valence-corrected chi connectivity index (χ2v) is 6.19. The molecule has 1 unspecified atom stereocenters. The highest BCUT2D eigenvalue weighted by Crippen LogP contribution is 2.19. The summed E-state index contributed by atoms with van der Waals surface area (Å²) < 4.78 is 2.18. The maximum absolute atomic E-state index is 12.6. The third kappa shape index (κ3) is 2.59. The van der Waals surface area contributed by atoms with Crippen molar-refractivity contribution >= 4 is 5.91 Å². The Morgan fingerprint density at radius 3 is 2.80 bits per heavy atom. The van der Waals surface area contributed by atoms with Gasteiger partial charge in [0.25, 0.3) is 0 Å². The molecule has 3 rings (SSSR count). The summed E-state index contributed by atoms with van der Waals surface area (Å²) in [6.07, 6.45) is 6.15. The molecule has 1 aromatic rings. The van der Waals surface area contributed by atoms with Crippen LogP contribution in [-0.2, 0) is 17.9 Å². The fourth-order valence-corrected chi connectivity index (χ4v) is 3.17. The molecule has 1 saturated heterocycles. The molecule has 110 valence electrons. The summed E-state index contributed by atoms with van der Waals surface area (Å²) in [7, 11) is 0. The molecular weight excluding hydrogens is 252 g/mol. The van der Waals surface area contributed by atoms with E-state index < -0.39 is 0 Å². The van der Waals surface area contributed by atoms with E-state index in [-0.39, 0.29) is 11.9 Å². The molecule has 5 nitrogen and oxygen atoms in total. The molecule has 3 heterocycles. The van der Waals surface area contributed by atoms with Crippen LogP contribution in [0, 0.1) is 5.92 Å². The average Bonchev–Trinajstić information content (AvgIpc) is 2.94. The molecule has 0 spiro atoms. The van der Waals surface area contributed by atoms with Gasteiger partial charge < -0.3 is 9.47 Å². The zero-order valence-electron chi connectivity index (χ0n) is 12.5. The lowest BCUT2D eigenvalue weighted by Crippen LogP contribution is -2.51. The number of rotatable bonds is 2. The number of carbonyl (C=O) groups excluding carboxylic acids is 1. The molecule has 2 aliphatic heterocycles. The van der Waals surface area contributed by atoms with Gasteiger partial charge in [-0.1, -0.05) is 6.92 Å². The van der Waals surface area contributed by atoms with Crippen molar-refractivity contribution in [3.8, 4) is 0 Å². The summed E-state index contributed by atoms with van der Waals surface area (Å²) in [6.45, 7) is 8.81. The first-order valence-corrected chi connectivity index (χ1v) is 7.68. The van der Waals surface area contributed by atoms with E-state index in [9.17, 15) is 4.79 Å². The van der Waals surface area contributed by atoms with Crippen LogP contribution in [-0.4, -0.2) is 50.9 Å². The molecule has 1 fully saturated rings. The van der Waals surface area contributed by atoms with Gasteiger partial charge in [-0.05, 0) is 25.7 Å². The zero-order valence-corrected chi connectivity index (χ0v) is 12.5. The monoisotopic (exact) mass is 276 g/mol. The van der Waals surface area contributed by atoms with Crippen molar-refractivity contribution in [3.05, 3.63) is 18.2 Å². The molecule has 5 heteroatoms. The van der Waals surface area contributed by atoms with Gasteiger partial charge in [0.15, 0.2) is 0 Å². The Balaban J connectivity index is 1.61.